The highest BCUT2D eigenvalue weighted by molar-refractivity contribution is 14.0. The van der Waals surface area contributed by atoms with Crippen LogP contribution in [0.15, 0.2) is 29.3 Å². The SMILES string of the molecule is CCNC(=NCc1cccc(CN2CCOC(C)C2)c1)N(C)CC1CCOC1.I. The molecule has 0 aromatic heterocycles. The Bertz CT molecular complexity index is 637. The summed E-state index contributed by atoms with van der Waals surface area (Å²) in [6, 6.07) is 8.82. The van der Waals surface area contributed by atoms with Crippen molar-refractivity contribution in [1.82, 2.24) is 15.1 Å². The van der Waals surface area contributed by atoms with Crippen molar-refractivity contribution in [3.05, 3.63) is 35.4 Å². The first-order chi connectivity index (χ1) is 13.6. The molecule has 2 unspecified atom stereocenters. The zero-order valence-corrected chi connectivity index (χ0v) is 20.4. The normalized spacial score (nSPS) is 22.9. The van der Waals surface area contributed by atoms with E-state index >= 15 is 0 Å². The summed E-state index contributed by atoms with van der Waals surface area (Å²) in [7, 11) is 2.12. The van der Waals surface area contributed by atoms with Crippen LogP contribution in [0.1, 0.15) is 31.4 Å². The van der Waals surface area contributed by atoms with Crippen molar-refractivity contribution in [2.24, 2.45) is 10.9 Å². The molecule has 0 saturated carbocycles. The number of halogens is 1. The average Bonchev–Trinajstić information content (AvgIpc) is 3.18. The van der Waals surface area contributed by atoms with Gasteiger partial charge in [0.05, 0.1) is 25.9 Å². The highest BCUT2D eigenvalue weighted by Crippen LogP contribution is 2.15. The molecule has 0 radical (unpaired) electrons. The molecule has 1 N–H and O–H groups in total. The van der Waals surface area contributed by atoms with Crippen molar-refractivity contribution < 1.29 is 9.47 Å². The molecule has 2 aliphatic rings. The topological polar surface area (TPSA) is 49.3 Å². The molecule has 29 heavy (non-hydrogen) atoms. The number of nitrogens with zero attached hydrogens (tertiary/aromatic N) is 3. The number of ether oxygens (including phenoxy) is 2. The van der Waals surface area contributed by atoms with Crippen molar-refractivity contribution in [1.29, 1.82) is 0 Å². The lowest BCUT2D eigenvalue weighted by molar-refractivity contribution is -0.0212. The highest BCUT2D eigenvalue weighted by atomic mass is 127. The fourth-order valence-electron chi connectivity index (χ4n) is 3.96. The van der Waals surface area contributed by atoms with Crippen LogP contribution in [0, 0.1) is 5.92 Å². The molecule has 2 atom stereocenters. The van der Waals surface area contributed by atoms with Crippen molar-refractivity contribution in [2.75, 3.05) is 53.0 Å². The summed E-state index contributed by atoms with van der Waals surface area (Å²) in [5, 5.41) is 3.42. The maximum absolute atomic E-state index is 5.65. The van der Waals surface area contributed by atoms with E-state index in [1.807, 2.05) is 0 Å². The number of aliphatic imine (C=N–C) groups is 1. The Morgan fingerprint density at radius 3 is 2.86 bits per heavy atom. The van der Waals surface area contributed by atoms with Gasteiger partial charge in [-0.05, 0) is 31.4 Å². The summed E-state index contributed by atoms with van der Waals surface area (Å²) in [5.74, 6) is 1.58. The maximum atomic E-state index is 5.65. The van der Waals surface area contributed by atoms with Crippen LogP contribution in [0.3, 0.4) is 0 Å². The van der Waals surface area contributed by atoms with Gasteiger partial charge in [0, 0.05) is 52.3 Å². The Hall–Kier alpha value is -0.900. The fourth-order valence-corrected chi connectivity index (χ4v) is 3.96. The van der Waals surface area contributed by atoms with E-state index in [9.17, 15) is 0 Å². The molecule has 7 heteroatoms. The number of morpholine rings is 1. The Labute approximate surface area is 193 Å². The molecule has 164 valence electrons. The van der Waals surface area contributed by atoms with Gasteiger partial charge in [0.2, 0.25) is 0 Å². The molecule has 3 rings (SSSR count). The molecule has 0 spiro atoms. The first kappa shape index (κ1) is 24.4. The second-order valence-electron chi connectivity index (χ2n) is 8.02. The lowest BCUT2D eigenvalue weighted by Gasteiger charge is -2.31. The second-order valence-corrected chi connectivity index (χ2v) is 8.02. The van der Waals surface area contributed by atoms with E-state index in [0.29, 0.717) is 18.6 Å². The zero-order chi connectivity index (χ0) is 19.8. The van der Waals surface area contributed by atoms with E-state index in [2.05, 4.69) is 60.3 Å². The maximum Gasteiger partial charge on any atom is 0.193 e. The van der Waals surface area contributed by atoms with Gasteiger partial charge >= 0.3 is 0 Å². The molecular weight excluding hydrogens is 479 g/mol. The van der Waals surface area contributed by atoms with Crippen LogP contribution in [-0.4, -0.2) is 74.9 Å². The Morgan fingerprint density at radius 2 is 2.14 bits per heavy atom. The molecular formula is C22H37IN4O2. The monoisotopic (exact) mass is 516 g/mol. The minimum Gasteiger partial charge on any atom is -0.381 e. The molecule has 2 aliphatic heterocycles. The average molecular weight is 516 g/mol. The molecule has 6 nitrogen and oxygen atoms in total. The molecule has 1 aromatic carbocycles. The lowest BCUT2D eigenvalue weighted by atomic mass is 10.1. The third-order valence-corrected chi connectivity index (χ3v) is 5.39. The Kier molecular flexibility index (Phi) is 10.7. The van der Waals surface area contributed by atoms with Gasteiger partial charge in [0.15, 0.2) is 5.96 Å². The highest BCUT2D eigenvalue weighted by Gasteiger charge is 2.19. The van der Waals surface area contributed by atoms with E-state index in [4.69, 9.17) is 14.5 Å². The molecule has 2 saturated heterocycles. The molecule has 1 aromatic rings. The summed E-state index contributed by atoms with van der Waals surface area (Å²) >= 11 is 0. The van der Waals surface area contributed by atoms with Crippen molar-refractivity contribution >= 4 is 29.9 Å². The molecule has 0 aliphatic carbocycles. The minimum absolute atomic E-state index is 0. The number of guanidine groups is 1. The van der Waals surface area contributed by atoms with Gasteiger partial charge in [-0.3, -0.25) is 4.90 Å². The quantitative estimate of drug-likeness (QED) is 0.343. The van der Waals surface area contributed by atoms with Gasteiger partial charge in [-0.2, -0.15) is 0 Å². The number of benzene rings is 1. The first-order valence-electron chi connectivity index (χ1n) is 10.6. The van der Waals surface area contributed by atoms with Crippen LogP contribution in [0.25, 0.3) is 0 Å². The molecule has 2 fully saturated rings. The van der Waals surface area contributed by atoms with Gasteiger partial charge in [-0.25, -0.2) is 4.99 Å². The number of nitrogens with one attached hydrogen (secondary N) is 1. The van der Waals surface area contributed by atoms with E-state index < -0.39 is 0 Å². The van der Waals surface area contributed by atoms with Gasteiger partial charge in [-0.15, -0.1) is 24.0 Å². The van der Waals surface area contributed by atoms with Crippen LogP contribution in [0.4, 0.5) is 0 Å². The van der Waals surface area contributed by atoms with Gasteiger partial charge in [0.1, 0.15) is 0 Å². The molecule has 2 heterocycles. The molecule has 0 amide bonds. The van der Waals surface area contributed by atoms with Gasteiger partial charge in [0.25, 0.3) is 0 Å². The second kappa shape index (κ2) is 12.7. The van der Waals surface area contributed by atoms with Crippen LogP contribution >= 0.6 is 24.0 Å². The van der Waals surface area contributed by atoms with Crippen LogP contribution in [0.2, 0.25) is 0 Å². The predicted octanol–water partition coefficient (Wildman–Crippen LogP) is 2.96. The van der Waals surface area contributed by atoms with Crippen molar-refractivity contribution in [2.45, 2.75) is 39.5 Å². The number of hydrogen-bond acceptors (Lipinski definition) is 4. The fraction of sp³-hybridized carbons (Fsp3) is 0.682. The summed E-state index contributed by atoms with van der Waals surface area (Å²) < 4.78 is 11.2. The van der Waals surface area contributed by atoms with Crippen molar-refractivity contribution in [3.8, 4) is 0 Å². The smallest absolute Gasteiger partial charge is 0.193 e. The summed E-state index contributed by atoms with van der Waals surface area (Å²) in [6.45, 7) is 12.4. The third kappa shape index (κ3) is 8.03. The third-order valence-electron chi connectivity index (χ3n) is 5.39. The summed E-state index contributed by atoms with van der Waals surface area (Å²) in [6.07, 6.45) is 1.47. The van der Waals surface area contributed by atoms with E-state index in [1.54, 1.807) is 0 Å². The van der Waals surface area contributed by atoms with E-state index in [1.165, 1.54) is 11.1 Å². The number of hydrogen-bond donors (Lipinski definition) is 1. The minimum atomic E-state index is 0. The Morgan fingerprint density at radius 1 is 1.31 bits per heavy atom. The van der Waals surface area contributed by atoms with Crippen LogP contribution in [0.5, 0.6) is 0 Å². The van der Waals surface area contributed by atoms with Crippen LogP contribution in [-0.2, 0) is 22.6 Å². The first-order valence-corrected chi connectivity index (χ1v) is 10.6. The summed E-state index contributed by atoms with van der Waals surface area (Å²) in [5.41, 5.74) is 2.61. The summed E-state index contributed by atoms with van der Waals surface area (Å²) in [4.78, 5) is 9.59. The van der Waals surface area contributed by atoms with E-state index in [0.717, 1.165) is 64.9 Å². The van der Waals surface area contributed by atoms with Crippen LogP contribution < -0.4 is 5.32 Å². The molecule has 0 bridgehead atoms. The predicted molar refractivity (Wildman–Crippen MR) is 129 cm³/mol. The standard InChI is InChI=1S/C22H36N4O2.HI/c1-4-23-22(25(3)15-21-8-10-27-17-21)24-13-19-6-5-7-20(12-19)16-26-9-11-28-18(2)14-26;/h5-7,12,18,21H,4,8-11,13-17H2,1-3H3,(H,23,24);1H. The van der Waals surface area contributed by atoms with E-state index in [-0.39, 0.29) is 24.0 Å². The largest absolute Gasteiger partial charge is 0.381 e. The number of rotatable bonds is 7. The Balaban J connectivity index is 0.00000300. The lowest BCUT2D eigenvalue weighted by Crippen LogP contribution is -2.41. The van der Waals surface area contributed by atoms with Gasteiger partial charge in [-0.1, -0.05) is 24.3 Å². The van der Waals surface area contributed by atoms with Gasteiger partial charge < -0.3 is 19.7 Å². The zero-order valence-electron chi connectivity index (χ0n) is 18.1. The van der Waals surface area contributed by atoms with Crippen molar-refractivity contribution in [3.63, 3.8) is 0 Å².